The topological polar surface area (TPSA) is 66.8 Å². The van der Waals surface area contributed by atoms with Crippen LogP contribution in [0.2, 0.25) is 0 Å². The van der Waals surface area contributed by atoms with E-state index >= 15 is 0 Å². The number of carbonyl (C=O) groups excluding carboxylic acids is 1. The summed E-state index contributed by atoms with van der Waals surface area (Å²) < 4.78 is 5.06. The number of nitrogens with zero attached hydrogens (tertiary/aromatic N) is 1. The standard InChI is InChI=1S/C10H15NO4/c12-9(7-2-1-3-7)11-4-5-15-8(6-11)10(13)14/h7-8H,1-6H2,(H,13,14). The van der Waals surface area contributed by atoms with Gasteiger partial charge in [0.2, 0.25) is 5.91 Å². The summed E-state index contributed by atoms with van der Waals surface area (Å²) in [6, 6.07) is 0. The zero-order valence-corrected chi connectivity index (χ0v) is 8.52. The molecule has 84 valence electrons. The first-order chi connectivity index (χ1) is 7.18. The number of carboxylic acid groups (broad SMARTS) is 1. The Morgan fingerprint density at radius 3 is 2.60 bits per heavy atom. The Labute approximate surface area is 88.0 Å². The fraction of sp³-hybridized carbons (Fsp3) is 0.800. The molecule has 1 aliphatic carbocycles. The molecule has 5 heteroatoms. The Hall–Kier alpha value is -1.10. The SMILES string of the molecule is O=C(O)C1CN(C(=O)C2CCC2)CCO1. The number of amides is 1. The number of hydrogen-bond acceptors (Lipinski definition) is 3. The van der Waals surface area contributed by atoms with E-state index in [-0.39, 0.29) is 18.4 Å². The van der Waals surface area contributed by atoms with Crippen molar-refractivity contribution in [3.8, 4) is 0 Å². The van der Waals surface area contributed by atoms with E-state index in [2.05, 4.69) is 0 Å². The van der Waals surface area contributed by atoms with Crippen molar-refractivity contribution in [2.45, 2.75) is 25.4 Å². The van der Waals surface area contributed by atoms with Crippen molar-refractivity contribution in [1.82, 2.24) is 4.90 Å². The van der Waals surface area contributed by atoms with Gasteiger partial charge in [-0.1, -0.05) is 6.42 Å². The van der Waals surface area contributed by atoms with Crippen molar-refractivity contribution >= 4 is 11.9 Å². The molecule has 1 atom stereocenters. The summed E-state index contributed by atoms with van der Waals surface area (Å²) in [5, 5.41) is 8.78. The van der Waals surface area contributed by atoms with Gasteiger partial charge in [-0.2, -0.15) is 0 Å². The predicted octanol–water partition coefficient (Wildman–Crippen LogP) is 0.0985. The Bertz CT molecular complexity index is 275. The Morgan fingerprint density at radius 2 is 2.07 bits per heavy atom. The van der Waals surface area contributed by atoms with Crippen molar-refractivity contribution in [2.24, 2.45) is 5.92 Å². The average Bonchev–Trinajstić information content (AvgIpc) is 2.15. The number of carbonyl (C=O) groups is 2. The normalized spacial score (nSPS) is 27.2. The molecule has 0 bridgehead atoms. The fourth-order valence-corrected chi connectivity index (χ4v) is 1.91. The third kappa shape index (κ3) is 2.12. The van der Waals surface area contributed by atoms with Crippen molar-refractivity contribution in [3.05, 3.63) is 0 Å². The lowest BCUT2D eigenvalue weighted by Gasteiger charge is -2.35. The van der Waals surface area contributed by atoms with Crippen LogP contribution in [0.5, 0.6) is 0 Å². The highest BCUT2D eigenvalue weighted by Gasteiger charge is 2.34. The van der Waals surface area contributed by atoms with E-state index in [0.29, 0.717) is 13.2 Å². The molecular weight excluding hydrogens is 198 g/mol. The van der Waals surface area contributed by atoms with E-state index in [1.54, 1.807) is 4.90 Å². The molecule has 1 aliphatic heterocycles. The van der Waals surface area contributed by atoms with Crippen LogP contribution in [-0.2, 0) is 14.3 Å². The second-order valence-electron chi connectivity index (χ2n) is 4.11. The molecule has 1 saturated heterocycles. The molecule has 1 amide bonds. The molecule has 1 heterocycles. The van der Waals surface area contributed by atoms with Crippen molar-refractivity contribution < 1.29 is 19.4 Å². The molecule has 0 aromatic rings. The van der Waals surface area contributed by atoms with Gasteiger partial charge in [-0.05, 0) is 12.8 Å². The first kappa shape index (κ1) is 10.4. The van der Waals surface area contributed by atoms with Crippen LogP contribution in [0.3, 0.4) is 0 Å². The summed E-state index contributed by atoms with van der Waals surface area (Å²) >= 11 is 0. The molecule has 1 N–H and O–H groups in total. The number of ether oxygens (including phenoxy) is 1. The highest BCUT2D eigenvalue weighted by Crippen LogP contribution is 2.28. The van der Waals surface area contributed by atoms with E-state index in [4.69, 9.17) is 9.84 Å². The number of aliphatic carboxylic acids is 1. The summed E-state index contributed by atoms with van der Waals surface area (Å²) in [6.07, 6.45) is 2.17. The smallest absolute Gasteiger partial charge is 0.334 e. The Kier molecular flexibility index (Phi) is 2.90. The van der Waals surface area contributed by atoms with Crippen LogP contribution in [0.25, 0.3) is 0 Å². The summed E-state index contributed by atoms with van der Waals surface area (Å²) in [5.74, 6) is -0.741. The summed E-state index contributed by atoms with van der Waals surface area (Å²) in [7, 11) is 0. The summed E-state index contributed by atoms with van der Waals surface area (Å²) in [4.78, 5) is 24.2. The van der Waals surface area contributed by atoms with Crippen LogP contribution in [-0.4, -0.2) is 47.7 Å². The van der Waals surface area contributed by atoms with Gasteiger partial charge in [-0.25, -0.2) is 4.79 Å². The van der Waals surface area contributed by atoms with E-state index in [9.17, 15) is 9.59 Å². The van der Waals surface area contributed by atoms with Crippen LogP contribution in [0.4, 0.5) is 0 Å². The average molecular weight is 213 g/mol. The second kappa shape index (κ2) is 4.18. The Morgan fingerprint density at radius 1 is 1.33 bits per heavy atom. The first-order valence-electron chi connectivity index (χ1n) is 5.31. The first-order valence-corrected chi connectivity index (χ1v) is 5.31. The quantitative estimate of drug-likeness (QED) is 0.706. The van der Waals surface area contributed by atoms with Crippen molar-refractivity contribution in [1.29, 1.82) is 0 Å². The highest BCUT2D eigenvalue weighted by atomic mass is 16.5. The zero-order valence-electron chi connectivity index (χ0n) is 8.52. The van der Waals surface area contributed by atoms with Gasteiger partial charge in [0, 0.05) is 12.5 Å². The molecule has 2 fully saturated rings. The largest absolute Gasteiger partial charge is 0.479 e. The van der Waals surface area contributed by atoms with Crippen LogP contribution in [0.1, 0.15) is 19.3 Å². The molecule has 5 nitrogen and oxygen atoms in total. The number of rotatable bonds is 2. The number of carboxylic acids is 1. The number of hydrogen-bond donors (Lipinski definition) is 1. The molecule has 1 unspecified atom stereocenters. The highest BCUT2D eigenvalue weighted by molar-refractivity contribution is 5.81. The van der Waals surface area contributed by atoms with Gasteiger partial charge in [-0.15, -0.1) is 0 Å². The molecule has 2 aliphatic rings. The van der Waals surface area contributed by atoms with Crippen LogP contribution < -0.4 is 0 Å². The third-order valence-corrected chi connectivity index (χ3v) is 3.11. The van der Waals surface area contributed by atoms with E-state index < -0.39 is 12.1 Å². The minimum atomic E-state index is -0.985. The lowest BCUT2D eigenvalue weighted by Crippen LogP contribution is -2.51. The maximum Gasteiger partial charge on any atom is 0.334 e. The van der Waals surface area contributed by atoms with Gasteiger partial charge in [0.25, 0.3) is 0 Å². The van der Waals surface area contributed by atoms with Gasteiger partial charge >= 0.3 is 5.97 Å². The molecule has 2 rings (SSSR count). The molecular formula is C10H15NO4. The minimum Gasteiger partial charge on any atom is -0.479 e. The van der Waals surface area contributed by atoms with Crippen LogP contribution in [0.15, 0.2) is 0 Å². The van der Waals surface area contributed by atoms with Crippen LogP contribution >= 0.6 is 0 Å². The van der Waals surface area contributed by atoms with Crippen molar-refractivity contribution in [3.63, 3.8) is 0 Å². The lowest BCUT2D eigenvalue weighted by molar-refractivity contribution is -0.161. The maximum absolute atomic E-state index is 11.8. The van der Waals surface area contributed by atoms with Gasteiger partial charge in [0.05, 0.1) is 13.2 Å². The third-order valence-electron chi connectivity index (χ3n) is 3.11. The summed E-state index contributed by atoms with van der Waals surface area (Å²) in [5.41, 5.74) is 0. The van der Waals surface area contributed by atoms with E-state index in [1.807, 2.05) is 0 Å². The zero-order chi connectivity index (χ0) is 10.8. The fourth-order valence-electron chi connectivity index (χ4n) is 1.91. The molecule has 0 aromatic heterocycles. The molecule has 0 spiro atoms. The minimum absolute atomic E-state index is 0.107. The second-order valence-corrected chi connectivity index (χ2v) is 4.11. The molecule has 0 radical (unpaired) electrons. The Balaban J connectivity index is 1.91. The molecule has 1 saturated carbocycles. The lowest BCUT2D eigenvalue weighted by atomic mass is 9.84. The monoisotopic (exact) mass is 213 g/mol. The van der Waals surface area contributed by atoms with E-state index in [0.717, 1.165) is 19.3 Å². The summed E-state index contributed by atoms with van der Waals surface area (Å²) in [6.45, 7) is 1.05. The van der Waals surface area contributed by atoms with Gasteiger partial charge in [-0.3, -0.25) is 4.79 Å². The van der Waals surface area contributed by atoms with Crippen molar-refractivity contribution in [2.75, 3.05) is 19.7 Å². The molecule has 0 aromatic carbocycles. The van der Waals surface area contributed by atoms with Gasteiger partial charge in [0.15, 0.2) is 6.10 Å². The predicted molar refractivity (Wildman–Crippen MR) is 51.3 cm³/mol. The maximum atomic E-state index is 11.8. The molecule has 15 heavy (non-hydrogen) atoms. The number of morpholine rings is 1. The van der Waals surface area contributed by atoms with Gasteiger partial charge < -0.3 is 14.7 Å². The van der Waals surface area contributed by atoms with E-state index in [1.165, 1.54) is 0 Å². The van der Waals surface area contributed by atoms with Gasteiger partial charge in [0.1, 0.15) is 0 Å². The van der Waals surface area contributed by atoms with Crippen LogP contribution in [0, 0.1) is 5.92 Å².